The second kappa shape index (κ2) is 5.23. The van der Waals surface area contributed by atoms with Crippen molar-refractivity contribution in [1.82, 2.24) is 15.2 Å². The number of imide groups is 1. The Labute approximate surface area is 139 Å². The van der Waals surface area contributed by atoms with Gasteiger partial charge in [-0.05, 0) is 18.6 Å². The lowest BCUT2D eigenvalue weighted by molar-refractivity contribution is -0.126. The predicted molar refractivity (Wildman–Crippen MR) is 85.0 cm³/mol. The molecule has 124 valence electrons. The highest BCUT2D eigenvalue weighted by atomic mass is 32.1. The third-order valence-corrected chi connectivity index (χ3v) is 5.34. The van der Waals surface area contributed by atoms with Crippen LogP contribution in [-0.2, 0) is 9.59 Å². The van der Waals surface area contributed by atoms with Gasteiger partial charge in [-0.1, -0.05) is 11.3 Å². The molecular formula is C15H13FN4O3S. The number of urea groups is 1. The first-order chi connectivity index (χ1) is 11.4. The van der Waals surface area contributed by atoms with Gasteiger partial charge in [-0.25, -0.2) is 14.2 Å². The molecule has 0 saturated carbocycles. The fourth-order valence-electron chi connectivity index (χ4n) is 3.08. The molecule has 0 radical (unpaired) electrons. The molecular weight excluding hydrogens is 335 g/mol. The van der Waals surface area contributed by atoms with Crippen LogP contribution < -0.4 is 10.6 Å². The van der Waals surface area contributed by atoms with Crippen LogP contribution in [0.3, 0.4) is 0 Å². The Morgan fingerprint density at radius 1 is 1.33 bits per heavy atom. The summed E-state index contributed by atoms with van der Waals surface area (Å²) in [6.07, 6.45) is 0. The molecule has 0 bridgehead atoms. The summed E-state index contributed by atoms with van der Waals surface area (Å²) in [4.78, 5) is 41.2. The van der Waals surface area contributed by atoms with Crippen LogP contribution in [0.1, 0.15) is 5.56 Å². The fourth-order valence-corrected chi connectivity index (χ4v) is 4.02. The monoisotopic (exact) mass is 348 g/mol. The highest BCUT2D eigenvalue weighted by Crippen LogP contribution is 2.31. The smallest absolute Gasteiger partial charge is 0.323 e. The SMILES string of the molecule is Cc1cc2sc(NC(=O)N3C[C@@H]4C(=O)NC(=O)[C@@H]4C3)nc2cc1F. The van der Waals surface area contributed by atoms with Crippen molar-refractivity contribution in [1.29, 1.82) is 0 Å². The van der Waals surface area contributed by atoms with Crippen molar-refractivity contribution in [3.63, 3.8) is 0 Å². The van der Waals surface area contributed by atoms with E-state index in [0.717, 1.165) is 4.70 Å². The van der Waals surface area contributed by atoms with Gasteiger partial charge in [0.1, 0.15) is 5.82 Å². The second-order valence-electron chi connectivity index (χ2n) is 5.99. The summed E-state index contributed by atoms with van der Waals surface area (Å²) >= 11 is 1.25. The van der Waals surface area contributed by atoms with E-state index in [2.05, 4.69) is 15.6 Å². The maximum absolute atomic E-state index is 13.6. The summed E-state index contributed by atoms with van der Waals surface area (Å²) in [6.45, 7) is 2.07. The number of benzene rings is 1. The molecule has 2 N–H and O–H groups in total. The van der Waals surface area contributed by atoms with Gasteiger partial charge in [0.15, 0.2) is 5.13 Å². The molecule has 7 nitrogen and oxygen atoms in total. The number of fused-ring (bicyclic) bond motifs is 2. The van der Waals surface area contributed by atoms with E-state index in [9.17, 15) is 18.8 Å². The molecule has 1 aromatic carbocycles. The van der Waals surface area contributed by atoms with Gasteiger partial charge in [0.25, 0.3) is 0 Å². The maximum Gasteiger partial charge on any atom is 0.323 e. The summed E-state index contributed by atoms with van der Waals surface area (Å²) in [6, 6.07) is 2.60. The Balaban J connectivity index is 1.51. The topological polar surface area (TPSA) is 91.4 Å². The quantitative estimate of drug-likeness (QED) is 0.764. The molecule has 0 spiro atoms. The molecule has 4 rings (SSSR count). The number of carbonyl (C=O) groups is 3. The summed E-state index contributed by atoms with van der Waals surface area (Å²) in [5, 5.41) is 5.29. The van der Waals surface area contributed by atoms with Crippen LogP contribution in [0.5, 0.6) is 0 Å². The van der Waals surface area contributed by atoms with Gasteiger partial charge >= 0.3 is 6.03 Å². The van der Waals surface area contributed by atoms with Gasteiger partial charge < -0.3 is 4.90 Å². The number of aryl methyl sites for hydroxylation is 1. The minimum Gasteiger partial charge on any atom is -0.323 e. The first-order valence-corrected chi connectivity index (χ1v) is 8.21. The highest BCUT2D eigenvalue weighted by molar-refractivity contribution is 7.22. The van der Waals surface area contributed by atoms with Gasteiger partial charge in [0.2, 0.25) is 11.8 Å². The molecule has 3 heterocycles. The Morgan fingerprint density at radius 2 is 2.00 bits per heavy atom. The summed E-state index contributed by atoms with van der Waals surface area (Å²) in [7, 11) is 0. The van der Waals surface area contributed by atoms with E-state index in [4.69, 9.17) is 0 Å². The van der Waals surface area contributed by atoms with Crippen molar-refractivity contribution < 1.29 is 18.8 Å². The number of amides is 4. The third-order valence-electron chi connectivity index (χ3n) is 4.41. The second-order valence-corrected chi connectivity index (χ2v) is 7.02. The van der Waals surface area contributed by atoms with E-state index in [1.54, 1.807) is 13.0 Å². The maximum atomic E-state index is 13.6. The minimum atomic E-state index is -0.477. The van der Waals surface area contributed by atoms with E-state index in [-0.39, 0.29) is 30.7 Å². The first-order valence-electron chi connectivity index (χ1n) is 7.39. The minimum absolute atomic E-state index is 0.201. The lowest BCUT2D eigenvalue weighted by Gasteiger charge is -2.16. The number of nitrogens with one attached hydrogen (secondary N) is 2. The zero-order chi connectivity index (χ0) is 17.0. The number of hydrogen-bond donors (Lipinski definition) is 2. The fraction of sp³-hybridized carbons (Fsp3) is 0.333. The lowest BCUT2D eigenvalue weighted by atomic mass is 10.00. The molecule has 9 heteroatoms. The van der Waals surface area contributed by atoms with Crippen LogP contribution in [-0.4, -0.2) is 40.8 Å². The normalized spacial score (nSPS) is 22.8. The Bertz CT molecular complexity index is 835. The Hall–Kier alpha value is -2.55. The molecule has 0 unspecified atom stereocenters. The number of rotatable bonds is 1. The molecule has 24 heavy (non-hydrogen) atoms. The standard InChI is InChI=1S/C15H13FN4O3S/c1-6-2-11-10(3-9(6)16)17-14(24-11)19-15(23)20-4-7-8(5-20)13(22)18-12(7)21/h2-3,7-8H,4-5H2,1H3,(H,17,19,23)(H,18,21,22)/t7-,8+. The van der Waals surface area contributed by atoms with Crippen LogP contribution >= 0.6 is 11.3 Å². The van der Waals surface area contributed by atoms with Crippen molar-refractivity contribution in [2.75, 3.05) is 18.4 Å². The number of halogens is 1. The molecule has 2 aromatic rings. The van der Waals surface area contributed by atoms with E-state index in [0.29, 0.717) is 16.2 Å². The van der Waals surface area contributed by atoms with Crippen LogP contribution in [0.2, 0.25) is 0 Å². The number of hydrogen-bond acceptors (Lipinski definition) is 5. The molecule has 2 atom stereocenters. The zero-order valence-corrected chi connectivity index (χ0v) is 13.4. The first kappa shape index (κ1) is 15.0. The molecule has 2 aliphatic rings. The third kappa shape index (κ3) is 2.32. The van der Waals surface area contributed by atoms with E-state index < -0.39 is 17.9 Å². The lowest BCUT2D eigenvalue weighted by Crippen LogP contribution is -2.37. The van der Waals surface area contributed by atoms with Crippen molar-refractivity contribution in [3.8, 4) is 0 Å². The van der Waals surface area contributed by atoms with Crippen LogP contribution in [0, 0.1) is 24.6 Å². The van der Waals surface area contributed by atoms with Gasteiger partial charge in [-0.15, -0.1) is 0 Å². The number of likely N-dealkylation sites (tertiary alicyclic amines) is 1. The van der Waals surface area contributed by atoms with Gasteiger partial charge in [0, 0.05) is 19.2 Å². The van der Waals surface area contributed by atoms with Gasteiger partial charge in [-0.2, -0.15) is 0 Å². The average Bonchev–Trinajstić information content (AvgIpc) is 3.17. The summed E-state index contributed by atoms with van der Waals surface area (Å²) in [5.41, 5.74) is 0.993. The van der Waals surface area contributed by atoms with E-state index >= 15 is 0 Å². The van der Waals surface area contributed by atoms with Crippen molar-refractivity contribution in [3.05, 3.63) is 23.5 Å². The average molecular weight is 348 g/mol. The predicted octanol–water partition coefficient (Wildman–Crippen LogP) is 1.48. The number of nitrogens with zero attached hydrogens (tertiary/aromatic N) is 2. The van der Waals surface area contributed by atoms with Gasteiger partial charge in [-0.3, -0.25) is 20.2 Å². The van der Waals surface area contributed by atoms with E-state index in [1.807, 2.05) is 0 Å². The summed E-state index contributed by atoms with van der Waals surface area (Å²) in [5.74, 6) is -1.95. The molecule has 4 amide bonds. The zero-order valence-electron chi connectivity index (χ0n) is 12.6. The largest absolute Gasteiger partial charge is 0.323 e. The Morgan fingerprint density at radius 3 is 2.67 bits per heavy atom. The number of thiazole rings is 1. The van der Waals surface area contributed by atoms with Crippen molar-refractivity contribution in [2.24, 2.45) is 11.8 Å². The van der Waals surface area contributed by atoms with Crippen LogP contribution in [0.15, 0.2) is 12.1 Å². The number of anilines is 1. The molecule has 2 saturated heterocycles. The van der Waals surface area contributed by atoms with Crippen LogP contribution in [0.4, 0.5) is 14.3 Å². The Kier molecular flexibility index (Phi) is 3.27. The molecule has 0 aliphatic carbocycles. The molecule has 2 aliphatic heterocycles. The highest BCUT2D eigenvalue weighted by Gasteiger charge is 2.49. The number of aromatic nitrogens is 1. The van der Waals surface area contributed by atoms with Crippen LogP contribution in [0.25, 0.3) is 10.2 Å². The summed E-state index contributed by atoms with van der Waals surface area (Å²) < 4.78 is 14.3. The van der Waals surface area contributed by atoms with Crippen molar-refractivity contribution >= 4 is 44.5 Å². The number of carbonyl (C=O) groups excluding carboxylic acids is 3. The van der Waals surface area contributed by atoms with Crippen molar-refractivity contribution in [2.45, 2.75) is 6.92 Å². The molecule has 1 aromatic heterocycles. The molecule has 2 fully saturated rings. The van der Waals surface area contributed by atoms with Gasteiger partial charge in [0.05, 0.1) is 22.1 Å². The van der Waals surface area contributed by atoms with E-state index in [1.165, 1.54) is 22.3 Å².